The van der Waals surface area contributed by atoms with Crippen LogP contribution in [0.2, 0.25) is 5.02 Å². The molecule has 0 aliphatic rings. The van der Waals surface area contributed by atoms with Crippen molar-refractivity contribution in [1.82, 2.24) is 0 Å². The molecule has 96 valence electrons. The SMILES string of the molecule is [N-]=[N+]=NC(C=Cc1ccc(F)cc1Cl)C(F)(F)F. The van der Waals surface area contributed by atoms with Crippen molar-refractivity contribution < 1.29 is 17.6 Å². The molecular weight excluding hydrogens is 274 g/mol. The molecule has 0 saturated heterocycles. The van der Waals surface area contributed by atoms with Crippen molar-refractivity contribution >= 4 is 17.7 Å². The number of halogens is 5. The minimum absolute atomic E-state index is 0.0342. The fourth-order valence-electron chi connectivity index (χ4n) is 1.10. The Morgan fingerprint density at radius 2 is 2.06 bits per heavy atom. The number of hydrogen-bond donors (Lipinski definition) is 0. The molecule has 0 aliphatic carbocycles. The van der Waals surface area contributed by atoms with Crippen molar-refractivity contribution in [3.8, 4) is 0 Å². The van der Waals surface area contributed by atoms with Gasteiger partial charge in [0, 0.05) is 4.91 Å². The number of nitrogens with zero attached hydrogens (tertiary/aromatic N) is 3. The van der Waals surface area contributed by atoms with Crippen LogP contribution in [0, 0.1) is 5.82 Å². The summed E-state index contributed by atoms with van der Waals surface area (Å²) in [4.78, 5) is 2.11. The molecule has 0 spiro atoms. The van der Waals surface area contributed by atoms with Gasteiger partial charge in [-0.05, 0) is 23.2 Å². The summed E-state index contributed by atoms with van der Waals surface area (Å²) in [6.07, 6.45) is -3.01. The average molecular weight is 280 g/mol. The van der Waals surface area contributed by atoms with E-state index in [0.717, 1.165) is 18.2 Å². The van der Waals surface area contributed by atoms with Gasteiger partial charge < -0.3 is 0 Å². The summed E-state index contributed by atoms with van der Waals surface area (Å²) in [5, 5.41) is 2.58. The maximum absolute atomic E-state index is 12.7. The van der Waals surface area contributed by atoms with Gasteiger partial charge in [0.1, 0.15) is 5.82 Å². The Bertz CT molecular complexity index is 506. The van der Waals surface area contributed by atoms with Crippen molar-refractivity contribution in [2.45, 2.75) is 12.2 Å². The molecule has 0 aromatic heterocycles. The molecule has 1 atom stereocenters. The van der Waals surface area contributed by atoms with Gasteiger partial charge in [0.2, 0.25) is 0 Å². The Labute approximate surface area is 104 Å². The highest BCUT2D eigenvalue weighted by Crippen LogP contribution is 2.26. The molecule has 0 saturated carbocycles. The predicted octanol–water partition coefficient (Wildman–Crippen LogP) is 4.73. The summed E-state index contributed by atoms with van der Waals surface area (Å²) in [6.45, 7) is 0. The van der Waals surface area contributed by atoms with Gasteiger partial charge in [-0.3, -0.25) is 0 Å². The number of azide groups is 1. The summed E-state index contributed by atoms with van der Waals surface area (Å²) in [5.41, 5.74) is 8.23. The third-order valence-corrected chi connectivity index (χ3v) is 2.26. The lowest BCUT2D eigenvalue weighted by molar-refractivity contribution is -0.136. The first-order chi connectivity index (χ1) is 8.34. The molecule has 0 aliphatic heterocycles. The zero-order valence-electron chi connectivity index (χ0n) is 8.70. The lowest BCUT2D eigenvalue weighted by atomic mass is 10.1. The normalized spacial score (nSPS) is 13.4. The molecule has 0 amide bonds. The maximum atomic E-state index is 12.7. The number of hydrogen-bond acceptors (Lipinski definition) is 1. The topological polar surface area (TPSA) is 48.8 Å². The lowest BCUT2D eigenvalue weighted by Gasteiger charge is -2.10. The van der Waals surface area contributed by atoms with E-state index in [1.807, 2.05) is 0 Å². The van der Waals surface area contributed by atoms with Crippen LogP contribution in [0.3, 0.4) is 0 Å². The van der Waals surface area contributed by atoms with E-state index in [0.29, 0.717) is 6.08 Å². The molecule has 0 N–H and O–H groups in total. The highest BCUT2D eigenvalue weighted by Gasteiger charge is 2.37. The Morgan fingerprint density at radius 3 is 2.56 bits per heavy atom. The summed E-state index contributed by atoms with van der Waals surface area (Å²) in [5.74, 6) is -0.598. The number of alkyl halides is 3. The Kier molecular flexibility index (Phi) is 4.58. The standard InChI is InChI=1S/C10H6ClF4N3/c11-8-5-7(12)3-1-6(8)2-4-9(17-18-16)10(13,14)15/h1-5,9H. The second kappa shape index (κ2) is 5.75. The predicted molar refractivity (Wildman–Crippen MR) is 59.4 cm³/mol. The molecule has 1 unspecified atom stereocenters. The monoisotopic (exact) mass is 279 g/mol. The molecule has 1 aromatic carbocycles. The van der Waals surface area contributed by atoms with Gasteiger partial charge in [-0.15, -0.1) is 0 Å². The highest BCUT2D eigenvalue weighted by molar-refractivity contribution is 6.32. The first-order valence-corrected chi connectivity index (χ1v) is 4.96. The van der Waals surface area contributed by atoms with E-state index in [1.165, 1.54) is 6.07 Å². The van der Waals surface area contributed by atoms with Crippen LogP contribution >= 0.6 is 11.6 Å². The van der Waals surface area contributed by atoms with Crippen LogP contribution < -0.4 is 0 Å². The van der Waals surface area contributed by atoms with Crippen LogP contribution in [0.5, 0.6) is 0 Å². The van der Waals surface area contributed by atoms with Gasteiger partial charge in [0.15, 0.2) is 6.04 Å². The van der Waals surface area contributed by atoms with Crippen molar-refractivity contribution in [3.63, 3.8) is 0 Å². The second-order valence-corrected chi connectivity index (χ2v) is 3.62. The van der Waals surface area contributed by atoms with E-state index in [9.17, 15) is 17.6 Å². The number of benzene rings is 1. The molecule has 0 heterocycles. The molecule has 0 bridgehead atoms. The summed E-state index contributed by atoms with van der Waals surface area (Å²) >= 11 is 5.63. The van der Waals surface area contributed by atoms with Crippen LogP contribution in [0.25, 0.3) is 16.5 Å². The van der Waals surface area contributed by atoms with E-state index < -0.39 is 18.0 Å². The molecule has 8 heteroatoms. The average Bonchev–Trinajstić information content (AvgIpc) is 2.24. The van der Waals surface area contributed by atoms with Crippen LogP contribution in [-0.4, -0.2) is 12.2 Å². The van der Waals surface area contributed by atoms with E-state index in [-0.39, 0.29) is 10.6 Å². The smallest absolute Gasteiger partial charge is 0.207 e. The quantitative estimate of drug-likeness (QED) is 0.332. The summed E-state index contributed by atoms with van der Waals surface area (Å²) in [7, 11) is 0. The zero-order chi connectivity index (χ0) is 13.8. The van der Waals surface area contributed by atoms with Crippen LogP contribution in [0.1, 0.15) is 5.56 Å². The zero-order valence-corrected chi connectivity index (χ0v) is 9.45. The molecule has 1 rings (SSSR count). The van der Waals surface area contributed by atoms with Crippen LogP contribution in [-0.2, 0) is 0 Å². The van der Waals surface area contributed by atoms with Gasteiger partial charge in [-0.2, -0.15) is 13.2 Å². The molecule has 3 nitrogen and oxygen atoms in total. The third kappa shape index (κ3) is 3.94. The lowest BCUT2D eigenvalue weighted by Crippen LogP contribution is -2.24. The largest absolute Gasteiger partial charge is 0.400 e. The Hall–Kier alpha value is -1.72. The van der Waals surface area contributed by atoms with E-state index in [2.05, 4.69) is 10.0 Å². The van der Waals surface area contributed by atoms with Crippen molar-refractivity contribution in [1.29, 1.82) is 0 Å². The minimum Gasteiger partial charge on any atom is -0.207 e. The first kappa shape index (κ1) is 14.3. The molecule has 0 radical (unpaired) electrons. The first-order valence-electron chi connectivity index (χ1n) is 4.59. The van der Waals surface area contributed by atoms with Gasteiger partial charge in [-0.25, -0.2) is 4.39 Å². The van der Waals surface area contributed by atoms with Gasteiger partial charge in [-0.1, -0.05) is 34.9 Å². The fourth-order valence-corrected chi connectivity index (χ4v) is 1.33. The third-order valence-electron chi connectivity index (χ3n) is 1.93. The Balaban J connectivity index is 3.00. The van der Waals surface area contributed by atoms with Gasteiger partial charge in [0.05, 0.1) is 5.02 Å². The molecule has 1 aromatic rings. The van der Waals surface area contributed by atoms with Crippen LogP contribution in [0.4, 0.5) is 17.6 Å². The Morgan fingerprint density at radius 1 is 1.39 bits per heavy atom. The van der Waals surface area contributed by atoms with E-state index >= 15 is 0 Å². The molecule has 18 heavy (non-hydrogen) atoms. The van der Waals surface area contributed by atoms with Crippen molar-refractivity contribution in [3.05, 3.63) is 51.1 Å². The molecular formula is C10H6ClF4N3. The fraction of sp³-hybridized carbons (Fsp3) is 0.200. The molecule has 0 fully saturated rings. The maximum Gasteiger partial charge on any atom is 0.400 e. The summed E-state index contributed by atoms with van der Waals surface area (Å²) in [6, 6.07) is 0.958. The van der Waals surface area contributed by atoms with Gasteiger partial charge >= 0.3 is 6.18 Å². The number of rotatable bonds is 3. The second-order valence-electron chi connectivity index (χ2n) is 3.22. The minimum atomic E-state index is -4.69. The van der Waals surface area contributed by atoms with Gasteiger partial charge in [0.25, 0.3) is 0 Å². The summed E-state index contributed by atoms with van der Waals surface area (Å²) < 4.78 is 49.8. The highest BCUT2D eigenvalue weighted by atomic mass is 35.5. The van der Waals surface area contributed by atoms with Crippen molar-refractivity contribution in [2.24, 2.45) is 5.11 Å². The van der Waals surface area contributed by atoms with Crippen molar-refractivity contribution in [2.75, 3.05) is 0 Å². The van der Waals surface area contributed by atoms with Crippen LogP contribution in [0.15, 0.2) is 29.4 Å². The van der Waals surface area contributed by atoms with E-state index in [1.54, 1.807) is 0 Å². The van der Waals surface area contributed by atoms with E-state index in [4.69, 9.17) is 17.1 Å².